The molecule has 0 amide bonds. The molecule has 0 heterocycles. The van der Waals surface area contributed by atoms with E-state index in [2.05, 4.69) is 0 Å². The van der Waals surface area contributed by atoms with Crippen molar-refractivity contribution in [2.45, 2.75) is 6.42 Å². The molecule has 0 atom stereocenters. The highest BCUT2D eigenvalue weighted by Crippen LogP contribution is 2.01. The Kier molecular flexibility index (Phi) is 3.87. The van der Waals surface area contributed by atoms with Crippen LogP contribution in [-0.4, -0.2) is 4.86 Å². The average Bonchev–Trinajstić information content (AvgIpc) is 2.16. The number of nitriles is 1. The fourth-order valence-electron chi connectivity index (χ4n) is 0.986. The lowest BCUT2D eigenvalue weighted by molar-refractivity contribution is 1.36. The van der Waals surface area contributed by atoms with Crippen molar-refractivity contribution in [3.05, 3.63) is 48.0 Å². The minimum Gasteiger partial charge on any atom is -0.193 e. The van der Waals surface area contributed by atoms with Gasteiger partial charge in [0.2, 0.25) is 0 Å². The zero-order valence-electron chi connectivity index (χ0n) is 7.10. The van der Waals surface area contributed by atoms with Gasteiger partial charge in [-0.05, 0) is 11.6 Å². The summed E-state index contributed by atoms with van der Waals surface area (Å²) in [6.07, 6.45) is 3.81. The first-order chi connectivity index (χ1) is 6.33. The van der Waals surface area contributed by atoms with E-state index < -0.39 is 0 Å². The van der Waals surface area contributed by atoms with Gasteiger partial charge in [-0.1, -0.05) is 42.5 Å². The van der Waals surface area contributed by atoms with Crippen LogP contribution in [0.1, 0.15) is 5.56 Å². The fraction of sp³-hybridized carbons (Fsp3) is 0.0909. The van der Waals surface area contributed by atoms with E-state index >= 15 is 0 Å². The Labute approximate surface area is 83.3 Å². The Morgan fingerprint density at radius 3 is 2.69 bits per heavy atom. The number of rotatable bonds is 3. The Hall–Kier alpha value is -1.46. The van der Waals surface area contributed by atoms with Gasteiger partial charge in [-0.25, -0.2) is 0 Å². The first-order valence-corrected chi connectivity index (χ1v) is 4.36. The molecule has 0 aliphatic carbocycles. The van der Waals surface area contributed by atoms with Crippen LogP contribution in [0.2, 0.25) is 0 Å². The van der Waals surface area contributed by atoms with Gasteiger partial charge in [0, 0.05) is 17.4 Å². The van der Waals surface area contributed by atoms with Gasteiger partial charge in [0.25, 0.3) is 0 Å². The SMILES string of the molecule is N#CC=CC(=S)Cc1ccccc1. The molecule has 0 saturated heterocycles. The van der Waals surface area contributed by atoms with Gasteiger partial charge in [0.15, 0.2) is 0 Å². The van der Waals surface area contributed by atoms with E-state index in [9.17, 15) is 0 Å². The maximum Gasteiger partial charge on any atom is 0.0912 e. The third-order valence-electron chi connectivity index (χ3n) is 1.56. The maximum atomic E-state index is 8.28. The average molecular weight is 187 g/mol. The third-order valence-corrected chi connectivity index (χ3v) is 1.85. The number of thiocarbonyl (C=S) groups is 1. The molecule has 0 fully saturated rings. The van der Waals surface area contributed by atoms with Crippen molar-refractivity contribution >= 4 is 17.1 Å². The lowest BCUT2D eigenvalue weighted by Crippen LogP contribution is -1.94. The molecule has 0 spiro atoms. The standard InChI is InChI=1S/C11H9NS/c12-8-4-7-11(13)9-10-5-2-1-3-6-10/h1-7H,9H2. The zero-order valence-corrected chi connectivity index (χ0v) is 7.92. The number of nitrogens with zero attached hydrogens (tertiary/aromatic N) is 1. The van der Waals surface area contributed by atoms with Crippen LogP contribution in [0.4, 0.5) is 0 Å². The molecular weight excluding hydrogens is 178 g/mol. The van der Waals surface area contributed by atoms with Gasteiger partial charge in [0.05, 0.1) is 6.07 Å². The van der Waals surface area contributed by atoms with Crippen LogP contribution in [0.3, 0.4) is 0 Å². The molecule has 1 nitrogen and oxygen atoms in total. The van der Waals surface area contributed by atoms with Gasteiger partial charge in [-0.15, -0.1) is 0 Å². The van der Waals surface area contributed by atoms with Crippen molar-refractivity contribution in [3.63, 3.8) is 0 Å². The van der Waals surface area contributed by atoms with Gasteiger partial charge < -0.3 is 0 Å². The van der Waals surface area contributed by atoms with Crippen LogP contribution in [0.15, 0.2) is 42.5 Å². The highest BCUT2D eigenvalue weighted by molar-refractivity contribution is 7.80. The first-order valence-electron chi connectivity index (χ1n) is 3.96. The summed E-state index contributed by atoms with van der Waals surface area (Å²) in [7, 11) is 0. The summed E-state index contributed by atoms with van der Waals surface area (Å²) in [5.74, 6) is 0. The van der Waals surface area contributed by atoms with Crippen LogP contribution in [0, 0.1) is 11.3 Å². The monoisotopic (exact) mass is 187 g/mol. The Bertz CT molecular complexity index is 346. The van der Waals surface area contributed by atoms with E-state index in [1.165, 1.54) is 11.6 Å². The summed E-state index contributed by atoms with van der Waals surface area (Å²) in [5.41, 5.74) is 1.18. The molecule has 2 heteroatoms. The number of allylic oxidation sites excluding steroid dienone is 2. The Balaban J connectivity index is 2.57. The summed E-state index contributed by atoms with van der Waals surface area (Å²) >= 11 is 5.06. The molecule has 1 aromatic carbocycles. The normalized spacial score (nSPS) is 9.77. The van der Waals surface area contributed by atoms with Crippen LogP contribution >= 0.6 is 12.2 Å². The summed E-state index contributed by atoms with van der Waals surface area (Å²) < 4.78 is 0. The van der Waals surface area contributed by atoms with E-state index in [0.717, 1.165) is 11.3 Å². The number of hydrogen-bond acceptors (Lipinski definition) is 2. The van der Waals surface area contributed by atoms with E-state index in [1.54, 1.807) is 6.08 Å². The highest BCUT2D eigenvalue weighted by Gasteiger charge is 1.93. The second-order valence-corrected chi connectivity index (χ2v) is 3.12. The summed E-state index contributed by atoms with van der Waals surface area (Å²) in [5, 5.41) is 8.28. The van der Waals surface area contributed by atoms with Crippen LogP contribution in [0.25, 0.3) is 0 Å². The smallest absolute Gasteiger partial charge is 0.0912 e. The second-order valence-electron chi connectivity index (χ2n) is 2.59. The van der Waals surface area contributed by atoms with Gasteiger partial charge in [0.1, 0.15) is 0 Å². The quantitative estimate of drug-likeness (QED) is 0.412. The third kappa shape index (κ3) is 3.64. The molecule has 0 aliphatic rings. The Morgan fingerprint density at radius 2 is 2.08 bits per heavy atom. The van der Waals surface area contributed by atoms with Gasteiger partial charge in [-0.3, -0.25) is 0 Å². The summed E-state index contributed by atoms with van der Waals surface area (Å²) in [4.78, 5) is 0.785. The fourth-order valence-corrected chi connectivity index (χ4v) is 1.22. The molecular formula is C11H9NS. The van der Waals surface area contributed by atoms with E-state index in [4.69, 9.17) is 17.5 Å². The first kappa shape index (κ1) is 9.63. The molecule has 0 saturated carbocycles. The van der Waals surface area contributed by atoms with Crippen molar-refractivity contribution in [3.8, 4) is 6.07 Å². The second kappa shape index (κ2) is 5.23. The molecule has 1 rings (SSSR count). The minimum absolute atomic E-state index is 0.731. The topological polar surface area (TPSA) is 23.8 Å². The van der Waals surface area contributed by atoms with E-state index in [0.29, 0.717) is 0 Å². The lowest BCUT2D eigenvalue weighted by atomic mass is 10.1. The van der Waals surface area contributed by atoms with Crippen molar-refractivity contribution < 1.29 is 0 Å². The molecule has 0 aliphatic heterocycles. The Morgan fingerprint density at radius 1 is 1.38 bits per heavy atom. The summed E-state index contributed by atoms with van der Waals surface area (Å²) in [6.45, 7) is 0. The molecule has 13 heavy (non-hydrogen) atoms. The predicted octanol–water partition coefficient (Wildman–Crippen LogP) is 2.68. The largest absolute Gasteiger partial charge is 0.193 e. The molecule has 0 N–H and O–H groups in total. The minimum atomic E-state index is 0.731. The molecule has 64 valence electrons. The van der Waals surface area contributed by atoms with Crippen molar-refractivity contribution in [2.24, 2.45) is 0 Å². The molecule has 0 radical (unpaired) electrons. The van der Waals surface area contributed by atoms with E-state index in [-0.39, 0.29) is 0 Å². The summed E-state index contributed by atoms with van der Waals surface area (Å²) in [6, 6.07) is 11.9. The van der Waals surface area contributed by atoms with Gasteiger partial charge in [-0.2, -0.15) is 5.26 Å². The van der Waals surface area contributed by atoms with E-state index in [1.807, 2.05) is 36.4 Å². The molecule has 0 aromatic heterocycles. The predicted molar refractivity (Wildman–Crippen MR) is 57.5 cm³/mol. The molecule has 1 aromatic rings. The number of benzene rings is 1. The van der Waals surface area contributed by atoms with Crippen molar-refractivity contribution in [1.29, 1.82) is 5.26 Å². The van der Waals surface area contributed by atoms with Crippen LogP contribution in [0.5, 0.6) is 0 Å². The lowest BCUT2D eigenvalue weighted by Gasteiger charge is -1.97. The maximum absolute atomic E-state index is 8.28. The van der Waals surface area contributed by atoms with Gasteiger partial charge >= 0.3 is 0 Å². The van der Waals surface area contributed by atoms with Crippen molar-refractivity contribution in [1.82, 2.24) is 0 Å². The van der Waals surface area contributed by atoms with Crippen molar-refractivity contribution in [2.75, 3.05) is 0 Å². The molecule has 0 unspecified atom stereocenters. The molecule has 0 bridgehead atoms. The number of hydrogen-bond donors (Lipinski definition) is 0. The zero-order chi connectivity index (χ0) is 9.52. The van der Waals surface area contributed by atoms with Crippen LogP contribution in [-0.2, 0) is 6.42 Å². The van der Waals surface area contributed by atoms with Crippen LogP contribution < -0.4 is 0 Å². The highest BCUT2D eigenvalue weighted by atomic mass is 32.1.